The normalized spacial score (nSPS) is 11.2. The van der Waals surface area contributed by atoms with Crippen molar-refractivity contribution in [2.24, 2.45) is 0 Å². The summed E-state index contributed by atoms with van der Waals surface area (Å²) in [7, 11) is 0. The summed E-state index contributed by atoms with van der Waals surface area (Å²) < 4.78 is 1.74. The minimum Gasteiger partial charge on any atom is -0.322 e. The maximum atomic E-state index is 12.7. The first-order valence-corrected chi connectivity index (χ1v) is 10.0. The molecule has 0 saturated carbocycles. The molecule has 0 unspecified atom stereocenters. The lowest BCUT2D eigenvalue weighted by molar-refractivity contribution is 0.102. The molecule has 6 nitrogen and oxygen atoms in total. The topological polar surface area (TPSA) is 72.2 Å². The van der Waals surface area contributed by atoms with E-state index in [9.17, 15) is 4.79 Å². The van der Waals surface area contributed by atoms with Crippen molar-refractivity contribution in [2.45, 2.75) is 13.8 Å². The van der Waals surface area contributed by atoms with Crippen LogP contribution < -0.4 is 5.32 Å². The fourth-order valence-corrected chi connectivity index (χ4v) is 4.17. The van der Waals surface area contributed by atoms with Gasteiger partial charge in [-0.3, -0.25) is 4.79 Å². The average molecular weight is 399 g/mol. The smallest absolute Gasteiger partial charge is 0.255 e. The van der Waals surface area contributed by atoms with Crippen LogP contribution in [0.5, 0.6) is 0 Å². The molecule has 29 heavy (non-hydrogen) atoms. The van der Waals surface area contributed by atoms with E-state index in [0.717, 1.165) is 43.4 Å². The van der Waals surface area contributed by atoms with Gasteiger partial charge in [-0.1, -0.05) is 41.7 Å². The number of fused-ring (bicyclic) bond motifs is 2. The van der Waals surface area contributed by atoms with E-state index in [1.807, 2.05) is 74.5 Å². The molecule has 142 valence electrons. The first kappa shape index (κ1) is 17.5. The molecule has 0 spiro atoms. The molecule has 2 aromatic heterocycles. The highest BCUT2D eigenvalue weighted by Crippen LogP contribution is 2.29. The van der Waals surface area contributed by atoms with Crippen LogP contribution in [0, 0.1) is 13.8 Å². The van der Waals surface area contributed by atoms with E-state index >= 15 is 0 Å². The van der Waals surface area contributed by atoms with Gasteiger partial charge in [0.15, 0.2) is 5.82 Å². The van der Waals surface area contributed by atoms with E-state index in [1.54, 1.807) is 4.52 Å². The summed E-state index contributed by atoms with van der Waals surface area (Å²) in [6.07, 6.45) is 0. The minimum absolute atomic E-state index is 0.124. The molecule has 1 N–H and O–H groups in total. The van der Waals surface area contributed by atoms with Gasteiger partial charge in [0.25, 0.3) is 5.91 Å². The van der Waals surface area contributed by atoms with Crippen LogP contribution in [-0.2, 0) is 0 Å². The first-order valence-electron chi connectivity index (χ1n) is 9.18. The minimum atomic E-state index is -0.124. The zero-order valence-electron chi connectivity index (χ0n) is 15.9. The Balaban J connectivity index is 1.41. The number of hydrogen-bond acceptors (Lipinski definition) is 5. The number of amides is 1. The summed E-state index contributed by atoms with van der Waals surface area (Å²) in [5.41, 5.74) is 3.38. The van der Waals surface area contributed by atoms with Crippen molar-refractivity contribution >= 4 is 38.7 Å². The molecule has 5 rings (SSSR count). The standard InChI is InChI=1S/C22H17N5OS/c1-13-11-18(21-26-27-14(2)24-25-22(27)29-21)9-10-19(13)23-20(28)17-8-7-15-5-3-4-6-16(15)12-17/h3-12H,1-2H3,(H,23,28). The van der Waals surface area contributed by atoms with Gasteiger partial charge in [-0.2, -0.15) is 9.61 Å². The van der Waals surface area contributed by atoms with Crippen molar-refractivity contribution < 1.29 is 4.79 Å². The van der Waals surface area contributed by atoms with Crippen molar-refractivity contribution in [3.05, 3.63) is 77.6 Å². The third-order valence-corrected chi connectivity index (χ3v) is 5.83. The quantitative estimate of drug-likeness (QED) is 0.470. The summed E-state index contributed by atoms with van der Waals surface area (Å²) in [5.74, 6) is 0.638. The van der Waals surface area contributed by atoms with Gasteiger partial charge in [-0.25, -0.2) is 0 Å². The molecule has 0 radical (unpaired) electrons. The van der Waals surface area contributed by atoms with Gasteiger partial charge in [0.05, 0.1) is 0 Å². The largest absolute Gasteiger partial charge is 0.322 e. The van der Waals surface area contributed by atoms with Crippen molar-refractivity contribution in [1.82, 2.24) is 19.8 Å². The fourth-order valence-electron chi connectivity index (χ4n) is 3.29. The molecule has 0 bridgehead atoms. The van der Waals surface area contributed by atoms with Crippen molar-refractivity contribution in [3.8, 4) is 10.6 Å². The van der Waals surface area contributed by atoms with Crippen LogP contribution >= 0.6 is 11.3 Å². The Morgan fingerprint density at radius 2 is 1.79 bits per heavy atom. The van der Waals surface area contributed by atoms with Crippen LogP contribution in [0.4, 0.5) is 5.69 Å². The van der Waals surface area contributed by atoms with Gasteiger partial charge < -0.3 is 5.32 Å². The van der Waals surface area contributed by atoms with Gasteiger partial charge in [0, 0.05) is 16.8 Å². The summed E-state index contributed by atoms with van der Waals surface area (Å²) in [6, 6.07) is 19.6. The molecule has 5 aromatic rings. The highest BCUT2D eigenvalue weighted by Gasteiger charge is 2.13. The second kappa shape index (κ2) is 6.79. The average Bonchev–Trinajstić information content (AvgIpc) is 3.31. The van der Waals surface area contributed by atoms with Crippen molar-refractivity contribution in [1.29, 1.82) is 0 Å². The molecule has 1 amide bonds. The highest BCUT2D eigenvalue weighted by molar-refractivity contribution is 7.19. The van der Waals surface area contributed by atoms with Crippen molar-refractivity contribution in [3.63, 3.8) is 0 Å². The molecule has 0 aliphatic heterocycles. The van der Waals surface area contributed by atoms with Crippen LogP contribution in [0.2, 0.25) is 0 Å². The molecule has 7 heteroatoms. The van der Waals surface area contributed by atoms with Gasteiger partial charge in [-0.05, 0) is 60.5 Å². The number of nitrogens with one attached hydrogen (secondary N) is 1. The molecule has 0 fully saturated rings. The Bertz CT molecular complexity index is 1380. The maximum absolute atomic E-state index is 12.7. The zero-order valence-corrected chi connectivity index (χ0v) is 16.7. The van der Waals surface area contributed by atoms with E-state index in [4.69, 9.17) is 0 Å². The van der Waals surface area contributed by atoms with Crippen LogP contribution in [-0.4, -0.2) is 25.7 Å². The number of aryl methyl sites for hydroxylation is 2. The summed E-state index contributed by atoms with van der Waals surface area (Å²) >= 11 is 1.49. The molecule has 0 aliphatic rings. The Labute approximate surface area is 170 Å². The van der Waals surface area contributed by atoms with Crippen LogP contribution in [0.15, 0.2) is 60.7 Å². The molecule has 2 heterocycles. The summed E-state index contributed by atoms with van der Waals surface area (Å²) in [4.78, 5) is 13.5. The zero-order chi connectivity index (χ0) is 20.0. The number of rotatable bonds is 3. The second-order valence-electron chi connectivity index (χ2n) is 6.89. The number of nitrogens with zero attached hydrogens (tertiary/aromatic N) is 4. The molecular weight excluding hydrogens is 382 g/mol. The maximum Gasteiger partial charge on any atom is 0.255 e. The molecule has 0 aliphatic carbocycles. The fraction of sp³-hybridized carbons (Fsp3) is 0.0909. The van der Waals surface area contributed by atoms with Gasteiger partial charge in [-0.15, -0.1) is 10.2 Å². The van der Waals surface area contributed by atoms with Gasteiger partial charge in [0.2, 0.25) is 4.96 Å². The SMILES string of the molecule is Cc1cc(-c2nn3c(C)nnc3s2)ccc1NC(=O)c1ccc2ccccc2c1. The predicted molar refractivity (Wildman–Crippen MR) is 115 cm³/mol. The molecular formula is C22H17N5OS. The van der Waals surface area contributed by atoms with Crippen LogP contribution in [0.25, 0.3) is 26.3 Å². The highest BCUT2D eigenvalue weighted by atomic mass is 32.1. The van der Waals surface area contributed by atoms with Crippen LogP contribution in [0.3, 0.4) is 0 Å². The number of hydrogen-bond donors (Lipinski definition) is 1. The third kappa shape index (κ3) is 3.15. The number of aromatic nitrogens is 4. The van der Waals surface area contributed by atoms with E-state index in [2.05, 4.69) is 20.6 Å². The van der Waals surface area contributed by atoms with Gasteiger partial charge in [0.1, 0.15) is 5.01 Å². The Hall–Kier alpha value is -3.58. The Morgan fingerprint density at radius 3 is 2.59 bits per heavy atom. The molecule has 3 aromatic carbocycles. The van der Waals surface area contributed by atoms with Crippen LogP contribution in [0.1, 0.15) is 21.7 Å². The van der Waals surface area contributed by atoms with E-state index in [1.165, 1.54) is 11.3 Å². The Kier molecular flexibility index (Phi) is 4.10. The lowest BCUT2D eigenvalue weighted by Crippen LogP contribution is -2.12. The number of carbonyl (C=O) groups is 1. The van der Waals surface area contributed by atoms with E-state index in [0.29, 0.717) is 5.56 Å². The number of carbonyl (C=O) groups excluding carboxylic acids is 1. The molecule has 0 saturated heterocycles. The first-order chi connectivity index (χ1) is 14.1. The third-order valence-electron chi connectivity index (χ3n) is 4.88. The number of benzene rings is 3. The summed E-state index contributed by atoms with van der Waals surface area (Å²) in [5, 5.41) is 18.7. The second-order valence-corrected chi connectivity index (χ2v) is 7.85. The summed E-state index contributed by atoms with van der Waals surface area (Å²) in [6.45, 7) is 3.85. The van der Waals surface area contributed by atoms with Gasteiger partial charge >= 0.3 is 0 Å². The Morgan fingerprint density at radius 1 is 0.966 bits per heavy atom. The lowest BCUT2D eigenvalue weighted by Gasteiger charge is -2.10. The number of anilines is 1. The molecule has 0 atom stereocenters. The van der Waals surface area contributed by atoms with E-state index in [-0.39, 0.29) is 5.91 Å². The predicted octanol–water partition coefficient (Wildman–Crippen LogP) is 4.88. The van der Waals surface area contributed by atoms with Crippen molar-refractivity contribution in [2.75, 3.05) is 5.32 Å². The van der Waals surface area contributed by atoms with E-state index < -0.39 is 0 Å². The lowest BCUT2D eigenvalue weighted by atomic mass is 10.1. The monoisotopic (exact) mass is 399 g/mol.